The summed E-state index contributed by atoms with van der Waals surface area (Å²) in [6, 6.07) is 11.4. The molecule has 0 aliphatic rings. The standard InChI is InChI=1S/C16H14N4OS/c17-13-3-1-11(2-4-13)9-15(21)20-16-19-14(10-22-16)12-5-7-18-8-6-12/h1-8,10H,9,17H2,(H,19,20,21)/p+1. The van der Waals surface area contributed by atoms with Gasteiger partial charge >= 0.3 is 0 Å². The molecule has 4 N–H and O–H groups in total. The predicted molar refractivity (Wildman–Crippen MR) is 86.7 cm³/mol. The van der Waals surface area contributed by atoms with Crippen LogP contribution in [-0.2, 0) is 11.2 Å². The van der Waals surface area contributed by atoms with Crippen LogP contribution in [-0.4, -0.2) is 15.9 Å². The van der Waals surface area contributed by atoms with E-state index in [9.17, 15) is 4.79 Å². The minimum atomic E-state index is -0.0764. The highest BCUT2D eigenvalue weighted by Crippen LogP contribution is 2.24. The molecule has 0 aliphatic heterocycles. The molecule has 3 aromatic rings. The molecule has 0 radical (unpaired) electrons. The number of benzene rings is 1. The van der Waals surface area contributed by atoms with Crippen LogP contribution in [0.15, 0.2) is 54.2 Å². The second kappa shape index (κ2) is 6.46. The summed E-state index contributed by atoms with van der Waals surface area (Å²) in [5.41, 5.74) is 7.54. The first-order valence-electron chi connectivity index (χ1n) is 6.77. The second-order valence-electron chi connectivity index (χ2n) is 4.82. The lowest BCUT2D eigenvalue weighted by atomic mass is 10.1. The van der Waals surface area contributed by atoms with Crippen LogP contribution in [0.2, 0.25) is 0 Å². The number of aromatic nitrogens is 2. The normalized spacial score (nSPS) is 10.4. The number of hydrogen-bond donors (Lipinski definition) is 2. The van der Waals surface area contributed by atoms with Crippen molar-refractivity contribution < 1.29 is 10.5 Å². The molecule has 0 saturated carbocycles. The van der Waals surface area contributed by atoms with E-state index >= 15 is 0 Å². The van der Waals surface area contributed by atoms with Crippen molar-refractivity contribution in [1.29, 1.82) is 0 Å². The van der Waals surface area contributed by atoms with Crippen molar-refractivity contribution in [1.82, 2.24) is 9.97 Å². The average Bonchev–Trinajstić information content (AvgIpc) is 2.99. The summed E-state index contributed by atoms with van der Waals surface area (Å²) in [6.07, 6.45) is 3.77. The molecule has 5 nitrogen and oxygen atoms in total. The maximum atomic E-state index is 12.0. The molecule has 6 heteroatoms. The molecule has 110 valence electrons. The molecular formula is C16H15N4OS+. The largest absolute Gasteiger partial charge is 0.325 e. The number of hydrogen-bond acceptors (Lipinski definition) is 4. The summed E-state index contributed by atoms with van der Waals surface area (Å²) < 4.78 is 0. The molecular weight excluding hydrogens is 296 g/mol. The fourth-order valence-corrected chi connectivity index (χ4v) is 2.73. The molecule has 0 fully saturated rings. The fourth-order valence-electron chi connectivity index (χ4n) is 1.99. The van der Waals surface area contributed by atoms with Gasteiger partial charge < -0.3 is 11.1 Å². The summed E-state index contributed by atoms with van der Waals surface area (Å²) in [4.78, 5) is 20.4. The van der Waals surface area contributed by atoms with Gasteiger partial charge in [0.15, 0.2) is 5.13 Å². The first kappa shape index (κ1) is 14.4. The zero-order valence-electron chi connectivity index (χ0n) is 11.8. The lowest BCUT2D eigenvalue weighted by Crippen LogP contribution is -2.39. The van der Waals surface area contributed by atoms with Crippen molar-refractivity contribution in [3.05, 3.63) is 59.7 Å². The number of carbonyl (C=O) groups is 1. The minimum Gasteiger partial charge on any atom is -0.325 e. The van der Waals surface area contributed by atoms with E-state index in [1.54, 1.807) is 12.4 Å². The summed E-state index contributed by atoms with van der Waals surface area (Å²) in [6.45, 7) is 0. The number of anilines is 1. The molecule has 0 aliphatic carbocycles. The Kier molecular flexibility index (Phi) is 4.22. The quantitative estimate of drug-likeness (QED) is 0.775. The highest BCUT2D eigenvalue weighted by Gasteiger charge is 2.09. The molecule has 2 heterocycles. The number of thiazole rings is 1. The van der Waals surface area contributed by atoms with Crippen LogP contribution in [0.4, 0.5) is 10.8 Å². The van der Waals surface area contributed by atoms with Crippen molar-refractivity contribution in [3.63, 3.8) is 0 Å². The van der Waals surface area contributed by atoms with Crippen molar-refractivity contribution in [3.8, 4) is 11.3 Å². The number of nitrogens with one attached hydrogen (secondary N) is 1. The molecule has 3 rings (SSSR count). The van der Waals surface area contributed by atoms with E-state index < -0.39 is 0 Å². The van der Waals surface area contributed by atoms with Crippen LogP contribution < -0.4 is 11.1 Å². The molecule has 0 saturated heterocycles. The van der Waals surface area contributed by atoms with Gasteiger partial charge in [0, 0.05) is 23.3 Å². The van der Waals surface area contributed by atoms with E-state index in [0.29, 0.717) is 11.6 Å². The van der Waals surface area contributed by atoms with Gasteiger partial charge in [-0.05, 0) is 29.8 Å². The Morgan fingerprint density at radius 2 is 1.86 bits per heavy atom. The lowest BCUT2D eigenvalue weighted by molar-refractivity contribution is -0.254. The SMILES string of the molecule is [NH3+]c1ccc(CC(=O)Nc2nc(-c3ccncc3)cs2)cc1. The van der Waals surface area contributed by atoms with Gasteiger partial charge in [-0.15, -0.1) is 11.3 Å². The number of quaternary nitrogens is 1. The van der Waals surface area contributed by atoms with Crippen molar-refractivity contribution in [2.24, 2.45) is 0 Å². The highest BCUT2D eigenvalue weighted by molar-refractivity contribution is 7.14. The van der Waals surface area contributed by atoms with E-state index in [1.807, 2.05) is 41.8 Å². The van der Waals surface area contributed by atoms with Crippen molar-refractivity contribution in [2.45, 2.75) is 6.42 Å². The molecule has 1 aromatic carbocycles. The molecule has 0 spiro atoms. The highest BCUT2D eigenvalue weighted by atomic mass is 32.1. The van der Waals surface area contributed by atoms with Crippen LogP contribution in [0, 0.1) is 0 Å². The lowest BCUT2D eigenvalue weighted by Gasteiger charge is -2.02. The molecule has 0 bridgehead atoms. The van der Waals surface area contributed by atoms with Crippen molar-refractivity contribution in [2.75, 3.05) is 5.32 Å². The van der Waals surface area contributed by atoms with Crippen LogP contribution in [0.5, 0.6) is 0 Å². The van der Waals surface area contributed by atoms with E-state index in [-0.39, 0.29) is 5.91 Å². The smallest absolute Gasteiger partial charge is 0.230 e. The van der Waals surface area contributed by atoms with Gasteiger partial charge in [0.05, 0.1) is 12.1 Å². The number of rotatable bonds is 4. The Hall–Kier alpha value is -2.57. The first-order chi connectivity index (χ1) is 10.7. The van der Waals surface area contributed by atoms with Crippen molar-refractivity contribution >= 4 is 28.1 Å². The third-order valence-electron chi connectivity index (χ3n) is 3.11. The Morgan fingerprint density at radius 3 is 2.59 bits per heavy atom. The first-order valence-corrected chi connectivity index (χ1v) is 7.65. The number of nitrogens with zero attached hydrogens (tertiary/aromatic N) is 2. The monoisotopic (exact) mass is 311 g/mol. The molecule has 2 aromatic heterocycles. The Balaban J connectivity index is 1.65. The Labute approximate surface area is 131 Å². The summed E-state index contributed by atoms with van der Waals surface area (Å²) in [5.74, 6) is -0.0764. The van der Waals surface area contributed by atoms with Gasteiger partial charge in [0.25, 0.3) is 0 Å². The van der Waals surface area contributed by atoms with E-state index in [4.69, 9.17) is 0 Å². The van der Waals surface area contributed by atoms with Crippen LogP contribution in [0.1, 0.15) is 5.56 Å². The topological polar surface area (TPSA) is 82.5 Å². The second-order valence-corrected chi connectivity index (χ2v) is 5.67. The number of amides is 1. The Bertz CT molecular complexity index is 768. The zero-order chi connectivity index (χ0) is 15.4. The minimum absolute atomic E-state index is 0.0764. The third kappa shape index (κ3) is 3.55. The fraction of sp³-hybridized carbons (Fsp3) is 0.0625. The number of pyridine rings is 1. The molecule has 22 heavy (non-hydrogen) atoms. The van der Waals surface area contributed by atoms with E-state index in [2.05, 4.69) is 21.0 Å². The maximum Gasteiger partial charge on any atom is 0.230 e. The van der Waals surface area contributed by atoms with Gasteiger partial charge in [0.2, 0.25) is 5.91 Å². The molecule has 0 atom stereocenters. The maximum absolute atomic E-state index is 12.0. The van der Waals surface area contributed by atoms with Gasteiger partial charge in [-0.25, -0.2) is 4.98 Å². The molecule has 0 unspecified atom stereocenters. The van der Waals surface area contributed by atoms with Crippen LogP contribution in [0.25, 0.3) is 11.3 Å². The Morgan fingerprint density at radius 1 is 1.14 bits per heavy atom. The van der Waals surface area contributed by atoms with Crippen LogP contribution >= 0.6 is 11.3 Å². The zero-order valence-corrected chi connectivity index (χ0v) is 12.6. The summed E-state index contributed by atoms with van der Waals surface area (Å²) in [7, 11) is 0. The predicted octanol–water partition coefficient (Wildman–Crippen LogP) is 2.26. The summed E-state index contributed by atoms with van der Waals surface area (Å²) >= 11 is 1.41. The number of carbonyl (C=O) groups excluding carboxylic acids is 1. The van der Waals surface area contributed by atoms with E-state index in [0.717, 1.165) is 22.5 Å². The van der Waals surface area contributed by atoms with Gasteiger partial charge in [0.1, 0.15) is 5.69 Å². The van der Waals surface area contributed by atoms with E-state index in [1.165, 1.54) is 11.3 Å². The van der Waals surface area contributed by atoms with Gasteiger partial charge in [-0.2, -0.15) is 0 Å². The van der Waals surface area contributed by atoms with Gasteiger partial charge in [-0.1, -0.05) is 12.1 Å². The third-order valence-corrected chi connectivity index (χ3v) is 3.87. The summed E-state index contributed by atoms with van der Waals surface area (Å²) in [5, 5.41) is 5.35. The van der Waals surface area contributed by atoms with Crippen LogP contribution in [0.3, 0.4) is 0 Å². The molecule has 1 amide bonds. The van der Waals surface area contributed by atoms with Gasteiger partial charge in [-0.3, -0.25) is 9.78 Å². The average molecular weight is 311 g/mol.